The molecule has 0 bridgehead atoms. The number of ether oxygens (including phenoxy) is 2. The lowest BCUT2D eigenvalue weighted by atomic mass is 9.85. The molecule has 1 aromatic rings. The van der Waals surface area contributed by atoms with E-state index in [1.54, 1.807) is 12.1 Å². The van der Waals surface area contributed by atoms with Crippen LogP contribution >= 0.6 is 0 Å². The molecule has 134 valence electrons. The van der Waals surface area contributed by atoms with E-state index in [2.05, 4.69) is 5.32 Å². The molecule has 1 aliphatic rings. The molecule has 0 saturated heterocycles. The number of nitrogens with zero attached hydrogens (tertiary/aromatic N) is 1. The van der Waals surface area contributed by atoms with Crippen molar-refractivity contribution in [2.75, 3.05) is 24.5 Å². The standard InChI is InChI=1S/C15H22N2O6S/c1-5-22-14-15(2,3)11-8-10(6-7-12(11)23-14)17(24(19,20)21)9-13(18)16-4/h6-8,14H,5,9H2,1-4H3,(H,16,18)(H,19,20,21). The van der Waals surface area contributed by atoms with Crippen LogP contribution in [0.2, 0.25) is 0 Å². The summed E-state index contributed by atoms with van der Waals surface area (Å²) in [6, 6.07) is 4.67. The van der Waals surface area contributed by atoms with E-state index in [4.69, 9.17) is 9.47 Å². The molecule has 1 aliphatic heterocycles. The highest BCUT2D eigenvalue weighted by atomic mass is 32.2. The summed E-state index contributed by atoms with van der Waals surface area (Å²) in [5, 5.41) is 2.33. The normalized spacial score (nSPS) is 18.6. The molecule has 0 saturated carbocycles. The molecule has 0 spiro atoms. The van der Waals surface area contributed by atoms with Gasteiger partial charge in [0.15, 0.2) is 0 Å². The Kier molecular flexibility index (Phi) is 5.07. The summed E-state index contributed by atoms with van der Waals surface area (Å²) in [6.45, 7) is 5.64. The van der Waals surface area contributed by atoms with Crippen LogP contribution in [0.25, 0.3) is 0 Å². The molecule has 8 nitrogen and oxygen atoms in total. The van der Waals surface area contributed by atoms with E-state index >= 15 is 0 Å². The molecule has 24 heavy (non-hydrogen) atoms. The first-order chi connectivity index (χ1) is 11.1. The first-order valence-corrected chi connectivity index (χ1v) is 8.89. The second kappa shape index (κ2) is 6.58. The van der Waals surface area contributed by atoms with Crippen molar-refractivity contribution in [1.29, 1.82) is 0 Å². The molecule has 9 heteroatoms. The summed E-state index contributed by atoms with van der Waals surface area (Å²) in [4.78, 5) is 11.6. The van der Waals surface area contributed by atoms with Gasteiger partial charge in [-0.25, -0.2) is 4.31 Å². The SMILES string of the molecule is CCOC1Oc2ccc(N(CC(=O)NC)S(=O)(=O)O)cc2C1(C)C. The molecule has 0 fully saturated rings. The maximum absolute atomic E-state index is 11.7. The van der Waals surface area contributed by atoms with Gasteiger partial charge >= 0.3 is 10.3 Å². The zero-order chi connectivity index (χ0) is 18.1. The summed E-state index contributed by atoms with van der Waals surface area (Å²) in [5.41, 5.74) is 0.400. The third kappa shape index (κ3) is 3.47. The number of rotatable bonds is 6. The van der Waals surface area contributed by atoms with Crippen molar-refractivity contribution in [3.05, 3.63) is 23.8 Å². The van der Waals surface area contributed by atoms with Crippen molar-refractivity contribution < 1.29 is 27.2 Å². The fourth-order valence-electron chi connectivity index (χ4n) is 2.58. The van der Waals surface area contributed by atoms with Gasteiger partial charge < -0.3 is 14.8 Å². The number of hydrogen-bond donors (Lipinski definition) is 2. The minimum absolute atomic E-state index is 0.175. The molecule has 2 rings (SSSR count). The van der Waals surface area contributed by atoms with Gasteiger partial charge in [0.2, 0.25) is 12.2 Å². The molecule has 0 radical (unpaired) electrons. The first kappa shape index (κ1) is 18.5. The lowest BCUT2D eigenvalue weighted by Crippen LogP contribution is -2.39. The third-order valence-corrected chi connectivity index (χ3v) is 4.83. The van der Waals surface area contributed by atoms with E-state index in [-0.39, 0.29) is 5.69 Å². The number of nitrogens with one attached hydrogen (secondary N) is 1. The van der Waals surface area contributed by atoms with Crippen LogP contribution in [0.1, 0.15) is 26.3 Å². The molecule has 0 aromatic heterocycles. The van der Waals surface area contributed by atoms with E-state index in [0.717, 1.165) is 5.56 Å². The van der Waals surface area contributed by atoms with Crippen LogP contribution in [-0.2, 0) is 25.3 Å². The third-order valence-electron chi connectivity index (χ3n) is 3.93. The number of carbonyl (C=O) groups is 1. The Bertz CT molecular complexity index is 731. The zero-order valence-corrected chi connectivity index (χ0v) is 14.9. The summed E-state index contributed by atoms with van der Waals surface area (Å²) in [7, 11) is -3.22. The lowest BCUT2D eigenvalue weighted by Gasteiger charge is -2.26. The largest absolute Gasteiger partial charge is 0.464 e. The van der Waals surface area contributed by atoms with Gasteiger partial charge in [-0.05, 0) is 39.0 Å². The molecule has 1 amide bonds. The fraction of sp³-hybridized carbons (Fsp3) is 0.533. The molecule has 1 atom stereocenters. The highest BCUT2D eigenvalue weighted by molar-refractivity contribution is 7.87. The van der Waals surface area contributed by atoms with E-state index in [9.17, 15) is 17.8 Å². The van der Waals surface area contributed by atoms with Gasteiger partial charge in [0.05, 0.1) is 11.1 Å². The Morgan fingerprint density at radius 1 is 1.46 bits per heavy atom. The smallest absolute Gasteiger partial charge is 0.360 e. The van der Waals surface area contributed by atoms with Gasteiger partial charge in [-0.3, -0.25) is 9.35 Å². The van der Waals surface area contributed by atoms with Crippen molar-refractivity contribution in [2.24, 2.45) is 0 Å². The Labute approximate surface area is 141 Å². The van der Waals surface area contributed by atoms with Crippen LogP contribution < -0.4 is 14.4 Å². The summed E-state index contributed by atoms with van der Waals surface area (Å²) >= 11 is 0. The summed E-state index contributed by atoms with van der Waals surface area (Å²) in [6.07, 6.45) is -0.495. The van der Waals surface area contributed by atoms with Crippen molar-refractivity contribution in [3.63, 3.8) is 0 Å². The van der Waals surface area contributed by atoms with Gasteiger partial charge in [-0.15, -0.1) is 0 Å². The zero-order valence-electron chi connectivity index (χ0n) is 14.1. The van der Waals surface area contributed by atoms with Crippen LogP contribution in [0.15, 0.2) is 18.2 Å². The predicted molar refractivity (Wildman–Crippen MR) is 88.5 cm³/mol. The van der Waals surface area contributed by atoms with Gasteiger partial charge in [0, 0.05) is 19.2 Å². The molecular formula is C15H22N2O6S. The maximum atomic E-state index is 11.7. The van der Waals surface area contributed by atoms with Crippen molar-refractivity contribution in [2.45, 2.75) is 32.5 Å². The average Bonchev–Trinajstić information content (AvgIpc) is 2.74. The minimum Gasteiger partial charge on any atom is -0.464 e. The van der Waals surface area contributed by atoms with E-state index < -0.39 is 34.5 Å². The average molecular weight is 358 g/mol. The quantitative estimate of drug-likeness (QED) is 0.737. The molecular weight excluding hydrogens is 336 g/mol. The molecule has 2 N–H and O–H groups in total. The van der Waals surface area contributed by atoms with Crippen molar-refractivity contribution >= 4 is 21.9 Å². The van der Waals surface area contributed by atoms with Crippen LogP contribution in [0.3, 0.4) is 0 Å². The monoisotopic (exact) mass is 358 g/mol. The second-order valence-corrected chi connectivity index (χ2v) is 7.30. The number of fused-ring (bicyclic) bond motifs is 1. The highest BCUT2D eigenvalue weighted by Gasteiger charge is 2.43. The number of hydrogen-bond acceptors (Lipinski definition) is 5. The predicted octanol–water partition coefficient (Wildman–Crippen LogP) is 1.07. The molecule has 1 aromatic carbocycles. The number of carbonyl (C=O) groups excluding carboxylic acids is 1. The number of anilines is 1. The number of likely N-dealkylation sites (N-methyl/N-ethyl adjacent to an activating group) is 1. The fourth-order valence-corrected chi connectivity index (χ4v) is 3.24. The Hall–Kier alpha value is -1.84. The van der Waals surface area contributed by atoms with Crippen LogP contribution in [0.5, 0.6) is 5.75 Å². The van der Waals surface area contributed by atoms with E-state index in [1.807, 2.05) is 20.8 Å². The minimum atomic E-state index is -4.60. The van der Waals surface area contributed by atoms with Gasteiger partial charge in [-0.1, -0.05) is 0 Å². The summed E-state index contributed by atoms with van der Waals surface area (Å²) in [5.74, 6) is 0.0354. The van der Waals surface area contributed by atoms with Gasteiger partial charge in [0.25, 0.3) is 0 Å². The lowest BCUT2D eigenvalue weighted by molar-refractivity contribution is -0.119. The van der Waals surface area contributed by atoms with Crippen molar-refractivity contribution in [3.8, 4) is 5.75 Å². The molecule has 0 aliphatic carbocycles. The topological polar surface area (TPSA) is 105 Å². The van der Waals surface area contributed by atoms with Crippen LogP contribution in [0.4, 0.5) is 5.69 Å². The highest BCUT2D eigenvalue weighted by Crippen LogP contribution is 2.44. The Balaban J connectivity index is 2.44. The molecule has 1 heterocycles. The molecule has 1 unspecified atom stereocenters. The van der Waals surface area contributed by atoms with Crippen LogP contribution in [-0.4, -0.2) is 45.4 Å². The Morgan fingerprint density at radius 2 is 2.12 bits per heavy atom. The number of benzene rings is 1. The van der Waals surface area contributed by atoms with Crippen molar-refractivity contribution in [1.82, 2.24) is 5.32 Å². The van der Waals surface area contributed by atoms with E-state index in [0.29, 0.717) is 16.7 Å². The van der Waals surface area contributed by atoms with Crippen LogP contribution in [0, 0.1) is 0 Å². The first-order valence-electron chi connectivity index (χ1n) is 7.49. The second-order valence-electron chi connectivity index (χ2n) is 5.96. The van der Waals surface area contributed by atoms with Gasteiger partial charge in [-0.2, -0.15) is 8.42 Å². The summed E-state index contributed by atoms with van der Waals surface area (Å²) < 4.78 is 44.7. The maximum Gasteiger partial charge on any atom is 0.360 e. The van der Waals surface area contributed by atoms with E-state index in [1.165, 1.54) is 13.1 Å². The van der Waals surface area contributed by atoms with Gasteiger partial charge in [0.1, 0.15) is 12.3 Å². The Morgan fingerprint density at radius 3 is 2.67 bits per heavy atom. The number of amides is 1.